The average molecular weight is 354 g/mol. The molecule has 1 atom stereocenters. The fourth-order valence-electron chi connectivity index (χ4n) is 3.19. The van der Waals surface area contributed by atoms with Crippen LogP contribution in [0.5, 0.6) is 0 Å². The quantitative estimate of drug-likeness (QED) is 0.551. The number of likely N-dealkylation sites (N-methyl/N-ethyl adjacent to an activating group) is 1. The Kier molecular flexibility index (Phi) is 7.96. The van der Waals surface area contributed by atoms with E-state index in [-0.39, 0.29) is 12.5 Å². The minimum atomic E-state index is 0.0296. The number of nitrogens with one attached hydrogen (secondary N) is 1. The Morgan fingerprint density at radius 2 is 2.00 bits per heavy atom. The highest BCUT2D eigenvalue weighted by molar-refractivity contribution is 5.84. The lowest BCUT2D eigenvalue weighted by Gasteiger charge is -2.37. The summed E-state index contributed by atoms with van der Waals surface area (Å²) in [7, 11) is 3.54. The summed E-state index contributed by atoms with van der Waals surface area (Å²) in [4.78, 5) is 22.9. The minimum absolute atomic E-state index is 0.0296. The molecular weight excluding hydrogens is 318 g/mol. The van der Waals surface area contributed by atoms with Crippen LogP contribution >= 0.6 is 0 Å². The van der Waals surface area contributed by atoms with E-state index >= 15 is 0 Å². The van der Waals surface area contributed by atoms with Crippen LogP contribution in [0.1, 0.15) is 20.3 Å². The molecule has 7 heteroatoms. The Bertz CT molecular complexity index is 439. The van der Waals surface area contributed by atoms with Crippen molar-refractivity contribution in [3.63, 3.8) is 0 Å². The molecule has 2 aliphatic rings. The van der Waals surface area contributed by atoms with E-state index in [0.717, 1.165) is 64.9 Å². The third-order valence-electron chi connectivity index (χ3n) is 4.73. The molecule has 2 aliphatic heterocycles. The van der Waals surface area contributed by atoms with Gasteiger partial charge in [0.15, 0.2) is 5.96 Å². The first-order chi connectivity index (χ1) is 12.0. The highest BCUT2D eigenvalue weighted by atomic mass is 16.5. The van der Waals surface area contributed by atoms with Crippen molar-refractivity contribution in [1.29, 1.82) is 0 Å². The summed E-state index contributed by atoms with van der Waals surface area (Å²) < 4.78 is 5.45. The number of hydrogen-bond donors (Lipinski definition) is 1. The summed E-state index contributed by atoms with van der Waals surface area (Å²) in [6.07, 6.45) is 1.10. The molecule has 0 aromatic carbocycles. The van der Waals surface area contributed by atoms with E-state index in [9.17, 15) is 4.79 Å². The van der Waals surface area contributed by atoms with Crippen molar-refractivity contribution in [2.75, 3.05) is 73.1 Å². The highest BCUT2D eigenvalue weighted by Crippen LogP contribution is 2.11. The second-order valence-corrected chi connectivity index (χ2v) is 7.72. The van der Waals surface area contributed by atoms with Gasteiger partial charge in [0.05, 0.1) is 6.61 Å². The summed E-state index contributed by atoms with van der Waals surface area (Å²) in [6, 6.07) is 0. The third-order valence-corrected chi connectivity index (χ3v) is 4.73. The fourth-order valence-corrected chi connectivity index (χ4v) is 3.19. The number of amides is 1. The second kappa shape index (κ2) is 9.97. The number of rotatable bonds is 6. The zero-order chi connectivity index (χ0) is 18.2. The standard InChI is InChI=1S/C18H35N5O2/c1-15(2)13-22-6-8-23(9-7-22)18(20-12-17(24)21(3)4)19-11-16-5-10-25-14-16/h15-16H,5-14H2,1-4H3,(H,19,20). The summed E-state index contributed by atoms with van der Waals surface area (Å²) in [5, 5.41) is 3.49. The maximum Gasteiger partial charge on any atom is 0.243 e. The summed E-state index contributed by atoms with van der Waals surface area (Å²) >= 11 is 0. The topological polar surface area (TPSA) is 60.4 Å². The highest BCUT2D eigenvalue weighted by Gasteiger charge is 2.22. The lowest BCUT2D eigenvalue weighted by atomic mass is 10.1. The molecule has 2 saturated heterocycles. The molecule has 1 N–H and O–H groups in total. The van der Waals surface area contributed by atoms with E-state index < -0.39 is 0 Å². The van der Waals surface area contributed by atoms with E-state index in [2.05, 4.69) is 34.0 Å². The van der Waals surface area contributed by atoms with E-state index in [4.69, 9.17) is 4.74 Å². The number of ether oxygens (including phenoxy) is 1. The second-order valence-electron chi connectivity index (χ2n) is 7.72. The van der Waals surface area contributed by atoms with Gasteiger partial charge in [0.25, 0.3) is 0 Å². The predicted octanol–water partition coefficient (Wildman–Crippen LogP) is 0.330. The largest absolute Gasteiger partial charge is 0.381 e. The van der Waals surface area contributed by atoms with Gasteiger partial charge in [0, 0.05) is 65.9 Å². The van der Waals surface area contributed by atoms with Gasteiger partial charge in [-0.25, -0.2) is 4.99 Å². The molecule has 144 valence electrons. The number of guanidine groups is 1. The molecule has 0 aliphatic carbocycles. The predicted molar refractivity (Wildman–Crippen MR) is 101 cm³/mol. The van der Waals surface area contributed by atoms with Crippen molar-refractivity contribution in [2.45, 2.75) is 20.3 Å². The van der Waals surface area contributed by atoms with Crippen LogP contribution in [-0.4, -0.2) is 99.7 Å². The van der Waals surface area contributed by atoms with E-state index in [1.165, 1.54) is 0 Å². The Labute approximate surface area is 152 Å². The molecular formula is C18H35N5O2. The Morgan fingerprint density at radius 3 is 2.56 bits per heavy atom. The molecule has 7 nitrogen and oxygen atoms in total. The maximum absolute atomic E-state index is 11.9. The number of carbonyl (C=O) groups excluding carboxylic acids is 1. The molecule has 0 spiro atoms. The summed E-state index contributed by atoms with van der Waals surface area (Å²) in [5.41, 5.74) is 0. The van der Waals surface area contributed by atoms with Gasteiger partial charge in [-0.15, -0.1) is 0 Å². The molecule has 25 heavy (non-hydrogen) atoms. The van der Waals surface area contributed by atoms with E-state index in [1.54, 1.807) is 19.0 Å². The first-order valence-electron chi connectivity index (χ1n) is 9.49. The average Bonchev–Trinajstić information content (AvgIpc) is 3.08. The van der Waals surface area contributed by atoms with Crippen LogP contribution in [0.3, 0.4) is 0 Å². The maximum atomic E-state index is 11.9. The molecule has 0 bridgehead atoms. The molecule has 1 amide bonds. The fraction of sp³-hybridized carbons (Fsp3) is 0.889. The van der Waals surface area contributed by atoms with Gasteiger partial charge in [0.2, 0.25) is 5.91 Å². The van der Waals surface area contributed by atoms with Crippen LogP contribution in [0, 0.1) is 11.8 Å². The summed E-state index contributed by atoms with van der Waals surface area (Å²) in [6.45, 7) is 12.4. The lowest BCUT2D eigenvalue weighted by Crippen LogP contribution is -2.53. The minimum Gasteiger partial charge on any atom is -0.381 e. The first-order valence-corrected chi connectivity index (χ1v) is 9.49. The smallest absolute Gasteiger partial charge is 0.243 e. The number of aliphatic imine (C=N–C) groups is 1. The van der Waals surface area contributed by atoms with Crippen LogP contribution < -0.4 is 5.32 Å². The Balaban J connectivity index is 1.91. The van der Waals surface area contributed by atoms with Crippen molar-refractivity contribution in [2.24, 2.45) is 16.8 Å². The number of piperazine rings is 1. The van der Waals surface area contributed by atoms with Crippen LogP contribution in [0.15, 0.2) is 4.99 Å². The Hall–Kier alpha value is -1.34. The third kappa shape index (κ3) is 6.82. The van der Waals surface area contributed by atoms with Crippen LogP contribution in [0.2, 0.25) is 0 Å². The molecule has 0 aromatic heterocycles. The molecule has 0 saturated carbocycles. The summed E-state index contributed by atoms with van der Waals surface area (Å²) in [5.74, 6) is 2.13. The Morgan fingerprint density at radius 1 is 1.28 bits per heavy atom. The molecule has 2 rings (SSSR count). The van der Waals surface area contributed by atoms with Gasteiger partial charge in [-0.05, 0) is 12.3 Å². The van der Waals surface area contributed by atoms with Crippen molar-refractivity contribution in [1.82, 2.24) is 20.0 Å². The number of hydrogen-bond acceptors (Lipinski definition) is 4. The van der Waals surface area contributed by atoms with Gasteiger partial charge < -0.3 is 19.9 Å². The SMILES string of the molecule is CC(C)CN1CCN(C(=NCC(=O)N(C)C)NCC2CCOC2)CC1. The van der Waals surface area contributed by atoms with Crippen molar-refractivity contribution >= 4 is 11.9 Å². The van der Waals surface area contributed by atoms with Gasteiger partial charge in [0.1, 0.15) is 6.54 Å². The number of nitrogens with zero attached hydrogens (tertiary/aromatic N) is 4. The first kappa shape index (κ1) is 20.0. The molecule has 2 fully saturated rings. The normalized spacial score (nSPS) is 22.5. The molecule has 0 aromatic rings. The zero-order valence-corrected chi connectivity index (χ0v) is 16.3. The van der Waals surface area contributed by atoms with E-state index in [0.29, 0.717) is 11.8 Å². The lowest BCUT2D eigenvalue weighted by molar-refractivity contribution is -0.127. The van der Waals surface area contributed by atoms with Crippen LogP contribution in [0.4, 0.5) is 0 Å². The molecule has 1 unspecified atom stereocenters. The van der Waals surface area contributed by atoms with Gasteiger partial charge >= 0.3 is 0 Å². The van der Waals surface area contributed by atoms with E-state index in [1.807, 2.05) is 0 Å². The van der Waals surface area contributed by atoms with Crippen LogP contribution in [-0.2, 0) is 9.53 Å². The van der Waals surface area contributed by atoms with Gasteiger partial charge in [-0.2, -0.15) is 0 Å². The monoisotopic (exact) mass is 353 g/mol. The van der Waals surface area contributed by atoms with Gasteiger partial charge in [-0.3, -0.25) is 9.69 Å². The molecule has 0 radical (unpaired) electrons. The van der Waals surface area contributed by atoms with Crippen LogP contribution in [0.25, 0.3) is 0 Å². The van der Waals surface area contributed by atoms with Crippen molar-refractivity contribution < 1.29 is 9.53 Å². The van der Waals surface area contributed by atoms with Gasteiger partial charge in [-0.1, -0.05) is 13.8 Å². The van der Waals surface area contributed by atoms with Crippen molar-refractivity contribution in [3.05, 3.63) is 0 Å². The number of carbonyl (C=O) groups is 1. The van der Waals surface area contributed by atoms with Crippen molar-refractivity contribution in [3.8, 4) is 0 Å². The zero-order valence-electron chi connectivity index (χ0n) is 16.3. The molecule has 2 heterocycles.